The minimum atomic E-state index is -0.221. The molecule has 0 bridgehead atoms. The maximum Gasteiger partial charge on any atom is 0.137 e. The zero-order chi connectivity index (χ0) is 11.2. The van der Waals surface area contributed by atoms with E-state index in [2.05, 4.69) is 9.97 Å². The van der Waals surface area contributed by atoms with Gasteiger partial charge in [0.1, 0.15) is 12.4 Å². The Morgan fingerprint density at radius 1 is 1.19 bits per heavy atom. The first-order valence-corrected chi connectivity index (χ1v) is 5.05. The Morgan fingerprint density at radius 2 is 2.12 bits per heavy atom. The summed E-state index contributed by atoms with van der Waals surface area (Å²) in [7, 11) is 0. The van der Waals surface area contributed by atoms with E-state index >= 15 is 0 Å². The molecule has 2 N–H and O–H groups in total. The van der Waals surface area contributed by atoms with Crippen LogP contribution in [-0.4, -0.2) is 16.6 Å². The van der Waals surface area contributed by atoms with Crippen LogP contribution in [0.2, 0.25) is 0 Å². The number of nitrogens with two attached hydrogens (primary N) is 1. The number of hydrogen-bond donors (Lipinski definition) is 1. The molecule has 0 radical (unpaired) electrons. The van der Waals surface area contributed by atoms with E-state index in [0.29, 0.717) is 12.4 Å². The second-order valence-electron chi connectivity index (χ2n) is 3.36. The zero-order valence-corrected chi connectivity index (χ0v) is 8.78. The van der Waals surface area contributed by atoms with Gasteiger partial charge in [0, 0.05) is 12.4 Å². The fourth-order valence-corrected chi connectivity index (χ4v) is 1.30. The van der Waals surface area contributed by atoms with Gasteiger partial charge in [-0.3, -0.25) is 9.97 Å². The Morgan fingerprint density at radius 3 is 2.81 bits per heavy atom. The Hall–Kier alpha value is -1.94. The predicted octanol–water partition coefficient (Wildman–Crippen LogP) is 1.56. The second-order valence-corrected chi connectivity index (χ2v) is 3.36. The van der Waals surface area contributed by atoms with Gasteiger partial charge >= 0.3 is 0 Å². The van der Waals surface area contributed by atoms with E-state index < -0.39 is 0 Å². The summed E-state index contributed by atoms with van der Waals surface area (Å²) in [6.07, 6.45) is 5.08. The molecule has 0 aliphatic rings. The molecule has 1 unspecified atom stereocenters. The fraction of sp³-hybridized carbons (Fsp3) is 0.167. The standard InChI is InChI=1S/C12H13N3O/c13-11(12-5-1-2-7-15-12)9-16-10-4-3-6-14-8-10/h1-8,11H,9,13H2. The number of rotatable bonds is 4. The number of aromatic nitrogens is 2. The highest BCUT2D eigenvalue weighted by Gasteiger charge is 2.07. The molecule has 0 aliphatic carbocycles. The molecule has 0 aliphatic heterocycles. The molecule has 0 amide bonds. The molecule has 0 saturated carbocycles. The molecule has 16 heavy (non-hydrogen) atoms. The van der Waals surface area contributed by atoms with Crippen molar-refractivity contribution in [1.82, 2.24) is 9.97 Å². The number of hydrogen-bond acceptors (Lipinski definition) is 4. The Labute approximate surface area is 94.1 Å². The lowest BCUT2D eigenvalue weighted by Gasteiger charge is -2.12. The van der Waals surface area contributed by atoms with Crippen molar-refractivity contribution in [1.29, 1.82) is 0 Å². The van der Waals surface area contributed by atoms with E-state index in [0.717, 1.165) is 5.69 Å². The number of pyridine rings is 2. The van der Waals surface area contributed by atoms with Gasteiger partial charge in [0.25, 0.3) is 0 Å². The van der Waals surface area contributed by atoms with Crippen molar-refractivity contribution in [3.8, 4) is 5.75 Å². The van der Waals surface area contributed by atoms with Crippen molar-refractivity contribution in [2.45, 2.75) is 6.04 Å². The summed E-state index contributed by atoms with van der Waals surface area (Å²) in [6.45, 7) is 0.392. The Balaban J connectivity index is 1.92. The molecule has 0 fully saturated rings. The Bertz CT molecular complexity index is 419. The van der Waals surface area contributed by atoms with Gasteiger partial charge in [-0.2, -0.15) is 0 Å². The van der Waals surface area contributed by atoms with Gasteiger partial charge in [-0.25, -0.2) is 0 Å². The molecule has 0 saturated heterocycles. The van der Waals surface area contributed by atoms with E-state index in [-0.39, 0.29) is 6.04 Å². The largest absolute Gasteiger partial charge is 0.490 e. The SMILES string of the molecule is NC(COc1cccnc1)c1ccccn1. The quantitative estimate of drug-likeness (QED) is 0.840. The van der Waals surface area contributed by atoms with E-state index in [1.54, 1.807) is 18.6 Å². The molecule has 4 nitrogen and oxygen atoms in total. The highest BCUT2D eigenvalue weighted by Crippen LogP contribution is 2.11. The third kappa shape index (κ3) is 2.77. The maximum atomic E-state index is 5.93. The highest BCUT2D eigenvalue weighted by molar-refractivity contribution is 5.16. The molecule has 2 aromatic heterocycles. The van der Waals surface area contributed by atoms with Gasteiger partial charge in [0.15, 0.2) is 0 Å². The molecule has 2 rings (SSSR count). The zero-order valence-electron chi connectivity index (χ0n) is 8.78. The number of ether oxygens (including phenoxy) is 1. The van der Waals surface area contributed by atoms with Crippen LogP contribution in [0.15, 0.2) is 48.9 Å². The third-order valence-electron chi connectivity index (χ3n) is 2.13. The predicted molar refractivity (Wildman–Crippen MR) is 60.9 cm³/mol. The smallest absolute Gasteiger partial charge is 0.137 e. The summed E-state index contributed by atoms with van der Waals surface area (Å²) in [5.74, 6) is 0.717. The summed E-state index contributed by atoms with van der Waals surface area (Å²) >= 11 is 0. The molecule has 1 atom stereocenters. The average molecular weight is 215 g/mol. The lowest BCUT2D eigenvalue weighted by molar-refractivity contribution is 0.287. The van der Waals surface area contributed by atoms with Crippen molar-refractivity contribution < 1.29 is 4.74 Å². The summed E-state index contributed by atoms with van der Waals surface area (Å²) in [4.78, 5) is 8.12. The first-order chi connectivity index (χ1) is 7.86. The van der Waals surface area contributed by atoms with E-state index in [1.165, 1.54) is 0 Å². The van der Waals surface area contributed by atoms with Crippen molar-refractivity contribution in [3.63, 3.8) is 0 Å². The second kappa shape index (κ2) is 5.23. The van der Waals surface area contributed by atoms with E-state index in [9.17, 15) is 0 Å². The van der Waals surface area contributed by atoms with Crippen LogP contribution in [-0.2, 0) is 0 Å². The van der Waals surface area contributed by atoms with E-state index in [1.807, 2.05) is 30.3 Å². The highest BCUT2D eigenvalue weighted by atomic mass is 16.5. The van der Waals surface area contributed by atoms with Crippen LogP contribution in [0.3, 0.4) is 0 Å². The first kappa shape index (κ1) is 10.6. The lowest BCUT2D eigenvalue weighted by Crippen LogP contribution is -2.20. The fourth-order valence-electron chi connectivity index (χ4n) is 1.30. The molecule has 2 heterocycles. The van der Waals surface area contributed by atoms with Crippen molar-refractivity contribution >= 4 is 0 Å². The monoisotopic (exact) mass is 215 g/mol. The molecule has 4 heteroatoms. The summed E-state index contributed by atoms with van der Waals surface area (Å²) in [5, 5.41) is 0. The molecular weight excluding hydrogens is 202 g/mol. The van der Waals surface area contributed by atoms with Gasteiger partial charge in [-0.05, 0) is 24.3 Å². The first-order valence-electron chi connectivity index (χ1n) is 5.05. The lowest BCUT2D eigenvalue weighted by atomic mass is 10.2. The van der Waals surface area contributed by atoms with E-state index in [4.69, 9.17) is 10.5 Å². The Kier molecular flexibility index (Phi) is 3.46. The van der Waals surface area contributed by atoms with Gasteiger partial charge in [-0.1, -0.05) is 6.07 Å². The normalized spacial score (nSPS) is 12.1. The van der Waals surface area contributed by atoms with Crippen LogP contribution in [0.4, 0.5) is 0 Å². The van der Waals surface area contributed by atoms with Gasteiger partial charge in [0.05, 0.1) is 17.9 Å². The minimum absolute atomic E-state index is 0.221. The van der Waals surface area contributed by atoms with Crippen LogP contribution in [0.25, 0.3) is 0 Å². The number of nitrogens with zero attached hydrogens (tertiary/aromatic N) is 2. The van der Waals surface area contributed by atoms with Gasteiger partial charge in [0.2, 0.25) is 0 Å². The topological polar surface area (TPSA) is 61.0 Å². The van der Waals surface area contributed by atoms with Crippen molar-refractivity contribution in [2.24, 2.45) is 5.73 Å². The molecule has 0 aromatic carbocycles. The molecule has 82 valence electrons. The van der Waals surface area contributed by atoms with Crippen LogP contribution >= 0.6 is 0 Å². The van der Waals surface area contributed by atoms with Crippen LogP contribution < -0.4 is 10.5 Å². The van der Waals surface area contributed by atoms with Crippen LogP contribution in [0.5, 0.6) is 5.75 Å². The average Bonchev–Trinajstić information content (AvgIpc) is 2.38. The third-order valence-corrected chi connectivity index (χ3v) is 2.13. The summed E-state index contributed by atoms with van der Waals surface area (Å²) in [5.41, 5.74) is 6.76. The van der Waals surface area contributed by atoms with Crippen LogP contribution in [0.1, 0.15) is 11.7 Å². The van der Waals surface area contributed by atoms with Gasteiger partial charge < -0.3 is 10.5 Å². The summed E-state index contributed by atoms with van der Waals surface area (Å²) < 4.78 is 5.49. The van der Waals surface area contributed by atoms with Crippen molar-refractivity contribution in [3.05, 3.63) is 54.6 Å². The van der Waals surface area contributed by atoms with Gasteiger partial charge in [-0.15, -0.1) is 0 Å². The molecule has 0 spiro atoms. The molecular formula is C12H13N3O. The maximum absolute atomic E-state index is 5.93. The van der Waals surface area contributed by atoms with Crippen LogP contribution in [0, 0.1) is 0 Å². The molecule has 2 aromatic rings. The summed E-state index contributed by atoms with van der Waals surface area (Å²) in [6, 6.07) is 9.10. The van der Waals surface area contributed by atoms with Crippen molar-refractivity contribution in [2.75, 3.05) is 6.61 Å². The minimum Gasteiger partial charge on any atom is -0.490 e.